The lowest BCUT2D eigenvalue weighted by Gasteiger charge is -2.14. The molecule has 0 saturated carbocycles. The SMILES string of the molecule is CC1=C(C)C(C)=C(C(C)C(=O)c2ccccc2)C1. The number of benzene rings is 1. The van der Waals surface area contributed by atoms with Crippen LogP contribution in [0.5, 0.6) is 0 Å². The molecule has 2 rings (SSSR count). The zero-order valence-electron chi connectivity index (χ0n) is 11.6. The molecule has 94 valence electrons. The van der Waals surface area contributed by atoms with Gasteiger partial charge in [0.2, 0.25) is 0 Å². The zero-order valence-corrected chi connectivity index (χ0v) is 11.6. The van der Waals surface area contributed by atoms with Gasteiger partial charge in [-0.05, 0) is 38.3 Å². The molecule has 1 heteroatoms. The van der Waals surface area contributed by atoms with Gasteiger partial charge in [0.05, 0.1) is 0 Å². The van der Waals surface area contributed by atoms with Crippen LogP contribution in [0.25, 0.3) is 0 Å². The molecular weight excluding hydrogens is 220 g/mol. The van der Waals surface area contributed by atoms with Gasteiger partial charge in [-0.1, -0.05) is 48.4 Å². The van der Waals surface area contributed by atoms with E-state index in [2.05, 4.69) is 20.8 Å². The van der Waals surface area contributed by atoms with Crippen molar-refractivity contribution >= 4 is 5.78 Å². The Labute approximate surface area is 109 Å². The average Bonchev–Trinajstić information content (AvgIpc) is 2.66. The molecule has 0 aromatic heterocycles. The van der Waals surface area contributed by atoms with E-state index in [4.69, 9.17) is 0 Å². The summed E-state index contributed by atoms with van der Waals surface area (Å²) in [5.74, 6) is 0.215. The van der Waals surface area contributed by atoms with E-state index in [1.165, 1.54) is 22.3 Å². The number of hydrogen-bond donors (Lipinski definition) is 0. The summed E-state index contributed by atoms with van der Waals surface area (Å²) in [5, 5.41) is 0. The van der Waals surface area contributed by atoms with Gasteiger partial charge in [0.15, 0.2) is 5.78 Å². The van der Waals surface area contributed by atoms with Gasteiger partial charge in [-0.25, -0.2) is 0 Å². The molecule has 0 aliphatic heterocycles. The van der Waals surface area contributed by atoms with Crippen LogP contribution in [-0.2, 0) is 0 Å². The van der Waals surface area contributed by atoms with Crippen molar-refractivity contribution in [3.05, 3.63) is 58.2 Å². The first-order chi connectivity index (χ1) is 8.52. The van der Waals surface area contributed by atoms with Crippen LogP contribution in [0.1, 0.15) is 44.5 Å². The monoisotopic (exact) mass is 240 g/mol. The van der Waals surface area contributed by atoms with Crippen LogP contribution in [0, 0.1) is 5.92 Å². The first-order valence-electron chi connectivity index (χ1n) is 6.48. The van der Waals surface area contributed by atoms with E-state index in [0.29, 0.717) is 0 Å². The fourth-order valence-corrected chi connectivity index (χ4v) is 2.60. The van der Waals surface area contributed by atoms with Crippen molar-refractivity contribution < 1.29 is 4.79 Å². The van der Waals surface area contributed by atoms with Gasteiger partial charge in [0, 0.05) is 11.5 Å². The van der Waals surface area contributed by atoms with Gasteiger partial charge < -0.3 is 0 Å². The molecule has 0 N–H and O–H groups in total. The summed E-state index contributed by atoms with van der Waals surface area (Å²) in [4.78, 5) is 12.4. The highest BCUT2D eigenvalue weighted by Gasteiger charge is 2.25. The molecule has 1 aromatic rings. The fraction of sp³-hybridized carbons (Fsp3) is 0.353. The molecule has 0 radical (unpaired) electrons. The number of ketones is 1. The topological polar surface area (TPSA) is 17.1 Å². The van der Waals surface area contributed by atoms with E-state index >= 15 is 0 Å². The Bertz CT molecular complexity index is 532. The zero-order chi connectivity index (χ0) is 13.3. The first kappa shape index (κ1) is 12.8. The minimum atomic E-state index is -0.0141. The van der Waals surface area contributed by atoms with Crippen molar-refractivity contribution in [1.82, 2.24) is 0 Å². The standard InChI is InChI=1S/C17H20O/c1-11-10-16(13(3)12(11)2)14(4)17(18)15-8-6-5-7-9-15/h5-9,14H,10H2,1-4H3. The maximum Gasteiger partial charge on any atom is 0.169 e. The molecule has 1 aliphatic rings. The van der Waals surface area contributed by atoms with E-state index in [9.17, 15) is 4.79 Å². The molecule has 0 saturated heterocycles. The third kappa shape index (κ3) is 2.17. The third-order valence-corrected chi connectivity index (χ3v) is 4.11. The summed E-state index contributed by atoms with van der Waals surface area (Å²) in [6, 6.07) is 9.58. The Balaban J connectivity index is 2.25. The van der Waals surface area contributed by atoms with Crippen LogP contribution >= 0.6 is 0 Å². The van der Waals surface area contributed by atoms with Crippen LogP contribution in [0.4, 0.5) is 0 Å². The van der Waals surface area contributed by atoms with Crippen LogP contribution in [0.2, 0.25) is 0 Å². The lowest BCUT2D eigenvalue weighted by Crippen LogP contribution is -2.14. The lowest BCUT2D eigenvalue weighted by atomic mass is 9.89. The second kappa shape index (κ2) is 4.93. The van der Waals surface area contributed by atoms with E-state index in [1.54, 1.807) is 0 Å². The second-order valence-corrected chi connectivity index (χ2v) is 5.18. The predicted octanol–water partition coefficient (Wildman–Crippen LogP) is 4.56. The molecule has 0 bridgehead atoms. The Morgan fingerprint density at radius 1 is 1.06 bits per heavy atom. The number of carbonyl (C=O) groups excluding carboxylic acids is 1. The summed E-state index contributed by atoms with van der Waals surface area (Å²) in [6.45, 7) is 8.47. The van der Waals surface area contributed by atoms with E-state index in [1.807, 2.05) is 37.3 Å². The number of hydrogen-bond acceptors (Lipinski definition) is 1. The van der Waals surface area contributed by atoms with Gasteiger partial charge in [-0.15, -0.1) is 0 Å². The quantitative estimate of drug-likeness (QED) is 0.708. The van der Waals surface area contributed by atoms with Crippen molar-refractivity contribution in [2.75, 3.05) is 0 Å². The van der Waals surface area contributed by atoms with Crippen molar-refractivity contribution in [2.45, 2.75) is 34.1 Å². The number of carbonyl (C=O) groups is 1. The number of rotatable bonds is 3. The molecular formula is C17H20O. The largest absolute Gasteiger partial charge is 0.294 e. The molecule has 1 aromatic carbocycles. The van der Waals surface area contributed by atoms with Crippen molar-refractivity contribution in [1.29, 1.82) is 0 Å². The Kier molecular flexibility index (Phi) is 3.51. The summed E-state index contributed by atoms with van der Waals surface area (Å²) < 4.78 is 0. The smallest absolute Gasteiger partial charge is 0.169 e. The van der Waals surface area contributed by atoms with Crippen LogP contribution in [0.15, 0.2) is 52.6 Å². The molecule has 1 atom stereocenters. The normalized spacial score (nSPS) is 17.3. The minimum Gasteiger partial charge on any atom is -0.294 e. The van der Waals surface area contributed by atoms with Crippen molar-refractivity contribution in [2.24, 2.45) is 5.92 Å². The van der Waals surface area contributed by atoms with Gasteiger partial charge in [0.25, 0.3) is 0 Å². The highest BCUT2D eigenvalue weighted by molar-refractivity contribution is 5.99. The second-order valence-electron chi connectivity index (χ2n) is 5.18. The molecule has 1 unspecified atom stereocenters. The average molecular weight is 240 g/mol. The highest BCUT2D eigenvalue weighted by atomic mass is 16.1. The molecule has 0 heterocycles. The van der Waals surface area contributed by atoms with Gasteiger partial charge in [0.1, 0.15) is 0 Å². The summed E-state index contributed by atoms with van der Waals surface area (Å²) in [6.07, 6.45) is 0.956. The number of Topliss-reactive ketones (excluding diaryl/α,β-unsaturated/α-hetero) is 1. The molecule has 0 fully saturated rings. The fourth-order valence-electron chi connectivity index (χ4n) is 2.60. The Morgan fingerprint density at radius 3 is 2.17 bits per heavy atom. The van der Waals surface area contributed by atoms with Gasteiger partial charge in [-0.2, -0.15) is 0 Å². The number of allylic oxidation sites excluding steroid dienone is 4. The summed E-state index contributed by atoms with van der Waals surface area (Å²) >= 11 is 0. The van der Waals surface area contributed by atoms with E-state index < -0.39 is 0 Å². The Morgan fingerprint density at radius 2 is 1.67 bits per heavy atom. The van der Waals surface area contributed by atoms with Gasteiger partial charge >= 0.3 is 0 Å². The van der Waals surface area contributed by atoms with E-state index in [-0.39, 0.29) is 11.7 Å². The highest BCUT2D eigenvalue weighted by Crippen LogP contribution is 2.36. The van der Waals surface area contributed by atoms with Crippen LogP contribution in [0.3, 0.4) is 0 Å². The molecule has 0 spiro atoms. The lowest BCUT2D eigenvalue weighted by molar-refractivity contribution is 0.0947. The molecule has 1 aliphatic carbocycles. The van der Waals surface area contributed by atoms with Crippen LogP contribution in [-0.4, -0.2) is 5.78 Å². The summed E-state index contributed by atoms with van der Waals surface area (Å²) in [7, 11) is 0. The molecule has 18 heavy (non-hydrogen) atoms. The van der Waals surface area contributed by atoms with Crippen LogP contribution < -0.4 is 0 Å². The van der Waals surface area contributed by atoms with E-state index in [0.717, 1.165) is 12.0 Å². The predicted molar refractivity (Wildman–Crippen MR) is 75.6 cm³/mol. The van der Waals surface area contributed by atoms with Crippen molar-refractivity contribution in [3.8, 4) is 0 Å². The third-order valence-electron chi connectivity index (χ3n) is 4.11. The van der Waals surface area contributed by atoms with Gasteiger partial charge in [-0.3, -0.25) is 4.79 Å². The first-order valence-corrected chi connectivity index (χ1v) is 6.48. The molecule has 0 amide bonds. The van der Waals surface area contributed by atoms with Crippen molar-refractivity contribution in [3.63, 3.8) is 0 Å². The minimum absolute atomic E-state index is 0.0141. The maximum atomic E-state index is 12.4. The summed E-state index contributed by atoms with van der Waals surface area (Å²) in [5.41, 5.74) is 6.17. The maximum absolute atomic E-state index is 12.4. The Hall–Kier alpha value is -1.63. The molecule has 1 nitrogen and oxygen atoms in total.